The molecule has 0 atom stereocenters. The third-order valence-electron chi connectivity index (χ3n) is 3.26. The topological polar surface area (TPSA) is 46.5 Å². The van der Waals surface area contributed by atoms with Gasteiger partial charge in [-0.3, -0.25) is 4.99 Å². The smallest absolute Gasteiger partial charge is 0.237 e. The molecular formula is C18H17N3OS. The minimum Gasteiger partial charge on any atom is -0.480 e. The average Bonchev–Trinajstić information content (AvgIpc) is 2.60. The number of nitrogens with zero attached hydrogens (tertiary/aromatic N) is 2. The Bertz CT molecular complexity index is 793. The normalized spacial score (nSPS) is 9.78. The first-order valence-corrected chi connectivity index (χ1v) is 7.97. The standard InChI is InChI=1S/C18H17N3OS/c1-6-12(2)15-9-13(7-8-16(15)19-3)14-10-17(21-23-5)18(22-4)20-11-14/h1,7-11,21H,2-3H2,4-5H3. The molecule has 4 nitrogen and oxygen atoms in total. The summed E-state index contributed by atoms with van der Waals surface area (Å²) in [6.45, 7) is 7.46. The third kappa shape index (κ3) is 3.55. The molecule has 0 spiro atoms. The van der Waals surface area contributed by atoms with Crippen molar-refractivity contribution < 1.29 is 4.74 Å². The summed E-state index contributed by atoms with van der Waals surface area (Å²) in [5, 5.41) is 0. The van der Waals surface area contributed by atoms with Crippen LogP contribution < -0.4 is 9.46 Å². The van der Waals surface area contributed by atoms with Crippen molar-refractivity contribution in [3.8, 4) is 29.4 Å². The van der Waals surface area contributed by atoms with Crippen molar-refractivity contribution in [3.05, 3.63) is 42.6 Å². The number of rotatable bonds is 6. The Balaban J connectivity index is 2.54. The van der Waals surface area contributed by atoms with Gasteiger partial charge in [0.05, 0.1) is 12.8 Å². The Hall–Kier alpha value is -2.71. The van der Waals surface area contributed by atoms with Gasteiger partial charge in [0.2, 0.25) is 5.88 Å². The molecule has 0 amide bonds. The first-order valence-electron chi connectivity index (χ1n) is 6.74. The van der Waals surface area contributed by atoms with Gasteiger partial charge < -0.3 is 9.46 Å². The highest BCUT2D eigenvalue weighted by atomic mass is 32.2. The fraction of sp³-hybridized carbons (Fsp3) is 0.111. The lowest BCUT2D eigenvalue weighted by molar-refractivity contribution is 0.400. The van der Waals surface area contributed by atoms with Crippen LogP contribution in [0.25, 0.3) is 16.7 Å². The molecule has 0 unspecified atom stereocenters. The summed E-state index contributed by atoms with van der Waals surface area (Å²) in [6.07, 6.45) is 9.15. The van der Waals surface area contributed by atoms with E-state index in [1.165, 1.54) is 11.9 Å². The van der Waals surface area contributed by atoms with Gasteiger partial charge in [-0.25, -0.2) is 4.98 Å². The van der Waals surface area contributed by atoms with Gasteiger partial charge in [0.1, 0.15) is 5.69 Å². The zero-order chi connectivity index (χ0) is 16.8. The fourth-order valence-corrected chi connectivity index (χ4v) is 2.49. The van der Waals surface area contributed by atoms with Crippen LogP contribution in [0.5, 0.6) is 5.88 Å². The number of nitrogens with one attached hydrogen (secondary N) is 1. The van der Waals surface area contributed by atoms with E-state index in [0.717, 1.165) is 22.4 Å². The molecule has 2 aromatic rings. The quantitative estimate of drug-likeness (QED) is 0.485. The number of terminal acetylenes is 1. The lowest BCUT2D eigenvalue weighted by atomic mass is 9.99. The van der Waals surface area contributed by atoms with Crippen LogP contribution in [-0.4, -0.2) is 25.1 Å². The predicted octanol–water partition coefficient (Wildman–Crippen LogP) is 4.43. The van der Waals surface area contributed by atoms with Crippen molar-refractivity contribution in [3.63, 3.8) is 0 Å². The third-order valence-corrected chi connectivity index (χ3v) is 3.68. The highest BCUT2D eigenvalue weighted by Crippen LogP contribution is 2.33. The minimum atomic E-state index is 0.542. The van der Waals surface area contributed by atoms with E-state index in [4.69, 9.17) is 11.2 Å². The van der Waals surface area contributed by atoms with Crippen molar-refractivity contribution in [1.29, 1.82) is 0 Å². The maximum Gasteiger partial charge on any atom is 0.237 e. The van der Waals surface area contributed by atoms with Crippen molar-refractivity contribution in [2.24, 2.45) is 4.99 Å². The van der Waals surface area contributed by atoms with Gasteiger partial charge in [-0.2, -0.15) is 0 Å². The van der Waals surface area contributed by atoms with E-state index in [0.29, 0.717) is 17.1 Å². The predicted molar refractivity (Wildman–Crippen MR) is 100 cm³/mol. The summed E-state index contributed by atoms with van der Waals surface area (Å²) >= 11 is 1.47. The molecule has 0 saturated heterocycles. The van der Waals surface area contributed by atoms with Crippen LogP contribution in [-0.2, 0) is 0 Å². The zero-order valence-electron chi connectivity index (χ0n) is 13.1. The van der Waals surface area contributed by atoms with Gasteiger partial charge >= 0.3 is 0 Å². The van der Waals surface area contributed by atoms with Crippen molar-refractivity contribution in [2.75, 3.05) is 18.1 Å². The molecule has 5 heteroatoms. The maximum absolute atomic E-state index is 5.46. The van der Waals surface area contributed by atoms with Gasteiger partial charge in [0.25, 0.3) is 0 Å². The number of allylic oxidation sites excluding steroid dienone is 1. The van der Waals surface area contributed by atoms with Gasteiger partial charge in [-0.05, 0) is 30.5 Å². The number of ether oxygens (including phenoxy) is 1. The van der Waals surface area contributed by atoms with Gasteiger partial charge in [0.15, 0.2) is 0 Å². The first kappa shape index (κ1) is 16.7. The molecule has 0 aliphatic heterocycles. The van der Waals surface area contributed by atoms with E-state index in [1.54, 1.807) is 13.3 Å². The summed E-state index contributed by atoms with van der Waals surface area (Å²) in [7, 11) is 1.59. The molecule has 0 radical (unpaired) electrons. The summed E-state index contributed by atoms with van der Waals surface area (Å²) in [5.74, 6) is 3.09. The number of methoxy groups -OCH3 is 1. The summed E-state index contributed by atoms with van der Waals surface area (Å²) in [4.78, 5) is 8.32. The Morgan fingerprint density at radius 1 is 1.39 bits per heavy atom. The second kappa shape index (κ2) is 7.52. The molecule has 0 bridgehead atoms. The summed E-state index contributed by atoms with van der Waals surface area (Å²) in [5.41, 5.74) is 4.77. The number of anilines is 1. The molecule has 2 rings (SSSR count). The Kier molecular flexibility index (Phi) is 5.45. The van der Waals surface area contributed by atoms with Gasteiger partial charge in [0, 0.05) is 29.2 Å². The van der Waals surface area contributed by atoms with Crippen molar-refractivity contribution in [2.45, 2.75) is 0 Å². The van der Waals surface area contributed by atoms with E-state index in [2.05, 4.69) is 33.9 Å². The molecule has 0 fully saturated rings. The monoisotopic (exact) mass is 323 g/mol. The summed E-state index contributed by atoms with van der Waals surface area (Å²) < 4.78 is 8.41. The van der Waals surface area contributed by atoms with E-state index < -0.39 is 0 Å². The zero-order valence-corrected chi connectivity index (χ0v) is 13.9. The molecule has 1 heterocycles. The highest BCUT2D eigenvalue weighted by Gasteiger charge is 2.10. The van der Waals surface area contributed by atoms with E-state index in [-0.39, 0.29) is 0 Å². The average molecular weight is 323 g/mol. The van der Waals surface area contributed by atoms with Crippen LogP contribution in [0.1, 0.15) is 5.56 Å². The molecule has 116 valence electrons. The van der Waals surface area contributed by atoms with Crippen LogP contribution >= 0.6 is 11.9 Å². The number of benzene rings is 1. The van der Waals surface area contributed by atoms with Crippen LogP contribution in [0.15, 0.2) is 42.0 Å². The van der Waals surface area contributed by atoms with Gasteiger partial charge in [-0.1, -0.05) is 30.5 Å². The highest BCUT2D eigenvalue weighted by molar-refractivity contribution is 7.99. The molecule has 1 aromatic heterocycles. The van der Waals surface area contributed by atoms with Crippen LogP contribution in [0.2, 0.25) is 0 Å². The Morgan fingerprint density at radius 2 is 2.17 bits per heavy atom. The van der Waals surface area contributed by atoms with E-state index in [1.807, 2.05) is 30.5 Å². The lowest BCUT2D eigenvalue weighted by Gasteiger charge is -2.12. The first-order chi connectivity index (χ1) is 11.1. The molecule has 0 aliphatic carbocycles. The van der Waals surface area contributed by atoms with Gasteiger partial charge in [-0.15, -0.1) is 6.42 Å². The minimum absolute atomic E-state index is 0.542. The number of hydrogen-bond donors (Lipinski definition) is 1. The maximum atomic E-state index is 5.46. The van der Waals surface area contributed by atoms with E-state index >= 15 is 0 Å². The lowest BCUT2D eigenvalue weighted by Crippen LogP contribution is -1.95. The molecule has 1 aromatic carbocycles. The number of aliphatic imine (C=N–C) groups is 1. The number of aromatic nitrogens is 1. The second-order valence-corrected chi connectivity index (χ2v) is 5.21. The number of pyridine rings is 1. The van der Waals surface area contributed by atoms with Crippen LogP contribution in [0, 0.1) is 12.3 Å². The van der Waals surface area contributed by atoms with Crippen LogP contribution in [0.3, 0.4) is 0 Å². The fourth-order valence-electron chi connectivity index (χ4n) is 2.13. The SMILES string of the molecule is C#CC(=C)c1cc(-c2cnc(OC)c(NSC)c2)ccc1N=C. The molecule has 1 N–H and O–H groups in total. The summed E-state index contributed by atoms with van der Waals surface area (Å²) in [6, 6.07) is 7.73. The van der Waals surface area contributed by atoms with Crippen LogP contribution in [0.4, 0.5) is 11.4 Å². The molecule has 0 saturated carbocycles. The number of hydrogen-bond acceptors (Lipinski definition) is 5. The Morgan fingerprint density at radius 3 is 2.78 bits per heavy atom. The van der Waals surface area contributed by atoms with Crippen molar-refractivity contribution >= 4 is 35.6 Å². The Labute approximate surface area is 140 Å². The molecule has 0 aliphatic rings. The molecule has 23 heavy (non-hydrogen) atoms. The molecular weight excluding hydrogens is 306 g/mol. The van der Waals surface area contributed by atoms with E-state index in [9.17, 15) is 0 Å². The second-order valence-electron chi connectivity index (χ2n) is 4.60. The van der Waals surface area contributed by atoms with Crippen molar-refractivity contribution in [1.82, 2.24) is 4.98 Å². The largest absolute Gasteiger partial charge is 0.480 e.